The summed E-state index contributed by atoms with van der Waals surface area (Å²) in [5.41, 5.74) is 3.92. The van der Waals surface area contributed by atoms with E-state index >= 15 is 0 Å². The van der Waals surface area contributed by atoms with Crippen LogP contribution in [-0.4, -0.2) is 18.6 Å². The molecule has 14 heavy (non-hydrogen) atoms. The lowest BCUT2D eigenvalue weighted by Gasteiger charge is -2.04. The largest absolute Gasteiger partial charge is 0.316 e. The van der Waals surface area contributed by atoms with Crippen LogP contribution in [0, 0.1) is 0 Å². The minimum atomic E-state index is 0.929. The molecule has 0 saturated heterocycles. The first kappa shape index (κ1) is 10.9. The highest BCUT2D eigenvalue weighted by Crippen LogP contribution is 2.11. The molecule has 0 atom stereocenters. The maximum Gasteiger partial charge on any atom is 0.0343 e. The smallest absolute Gasteiger partial charge is 0.0343 e. The van der Waals surface area contributed by atoms with E-state index < -0.39 is 0 Å². The molecule has 0 bridgehead atoms. The van der Waals surface area contributed by atoms with Gasteiger partial charge < -0.3 is 5.32 Å². The van der Waals surface area contributed by atoms with Gasteiger partial charge in [-0.3, -0.25) is 4.98 Å². The van der Waals surface area contributed by atoms with Gasteiger partial charge in [0.25, 0.3) is 0 Å². The zero-order valence-corrected chi connectivity index (χ0v) is 9.17. The quantitative estimate of drug-likeness (QED) is 0.787. The lowest BCUT2D eigenvalue weighted by molar-refractivity contribution is 0.884. The lowest BCUT2D eigenvalue weighted by Crippen LogP contribution is -2.08. The second-order valence-electron chi connectivity index (χ2n) is 3.45. The fourth-order valence-corrected chi connectivity index (χ4v) is 1.48. The molecule has 0 aromatic carbocycles. The Bertz CT molecular complexity index is 316. The molecule has 1 N–H and O–H groups in total. The highest BCUT2D eigenvalue weighted by molar-refractivity contribution is 5.55. The number of nitrogens with zero attached hydrogens (tertiary/aromatic N) is 1. The summed E-state index contributed by atoms with van der Waals surface area (Å²) in [6, 6.07) is 2.08. The van der Waals surface area contributed by atoms with Crippen LogP contribution in [0.1, 0.15) is 25.0 Å². The monoisotopic (exact) mass is 190 g/mol. The van der Waals surface area contributed by atoms with Crippen molar-refractivity contribution in [3.63, 3.8) is 0 Å². The third kappa shape index (κ3) is 2.96. The molecule has 0 radical (unpaired) electrons. The van der Waals surface area contributed by atoms with Crippen molar-refractivity contribution in [3.8, 4) is 0 Å². The van der Waals surface area contributed by atoms with Crippen LogP contribution in [0.5, 0.6) is 0 Å². The van der Waals surface area contributed by atoms with E-state index in [-0.39, 0.29) is 0 Å². The molecule has 76 valence electrons. The molecule has 0 aliphatic heterocycles. The number of aryl methyl sites for hydroxylation is 1. The van der Waals surface area contributed by atoms with Gasteiger partial charge in [0.05, 0.1) is 0 Å². The standard InChI is InChI=1S/C12H18N2/c1-4-11-5-6-14-9-12(11)7-10(2)8-13-3/h5-7,9,13H,4,8H2,1-3H3/b10-7+. The summed E-state index contributed by atoms with van der Waals surface area (Å²) < 4.78 is 0. The molecular weight excluding hydrogens is 172 g/mol. The fourth-order valence-electron chi connectivity index (χ4n) is 1.48. The summed E-state index contributed by atoms with van der Waals surface area (Å²) in [6.07, 6.45) is 7.03. The molecule has 1 heterocycles. The molecule has 0 spiro atoms. The molecular formula is C12H18N2. The van der Waals surface area contributed by atoms with Crippen LogP contribution < -0.4 is 5.32 Å². The zero-order chi connectivity index (χ0) is 10.4. The van der Waals surface area contributed by atoms with Gasteiger partial charge in [-0.25, -0.2) is 0 Å². The molecule has 1 aromatic rings. The number of rotatable bonds is 4. The van der Waals surface area contributed by atoms with E-state index in [1.165, 1.54) is 16.7 Å². The van der Waals surface area contributed by atoms with E-state index in [2.05, 4.69) is 36.3 Å². The third-order valence-corrected chi connectivity index (χ3v) is 2.18. The van der Waals surface area contributed by atoms with Crippen LogP contribution in [-0.2, 0) is 6.42 Å². The fraction of sp³-hybridized carbons (Fsp3) is 0.417. The summed E-state index contributed by atoms with van der Waals surface area (Å²) >= 11 is 0. The van der Waals surface area contributed by atoms with Crippen molar-refractivity contribution in [3.05, 3.63) is 35.2 Å². The van der Waals surface area contributed by atoms with Gasteiger partial charge in [0.1, 0.15) is 0 Å². The number of aromatic nitrogens is 1. The van der Waals surface area contributed by atoms with E-state index in [1.54, 1.807) is 0 Å². The minimum absolute atomic E-state index is 0.929. The van der Waals surface area contributed by atoms with Crippen molar-refractivity contribution in [2.75, 3.05) is 13.6 Å². The number of pyridine rings is 1. The normalized spacial score (nSPS) is 11.8. The van der Waals surface area contributed by atoms with Gasteiger partial charge in [-0.15, -0.1) is 0 Å². The van der Waals surface area contributed by atoms with Crippen LogP contribution in [0.3, 0.4) is 0 Å². The Balaban J connectivity index is 2.89. The van der Waals surface area contributed by atoms with E-state index in [4.69, 9.17) is 0 Å². The third-order valence-electron chi connectivity index (χ3n) is 2.18. The summed E-state index contributed by atoms with van der Waals surface area (Å²) in [5.74, 6) is 0. The summed E-state index contributed by atoms with van der Waals surface area (Å²) in [6.45, 7) is 5.22. The second-order valence-corrected chi connectivity index (χ2v) is 3.45. The molecule has 0 saturated carbocycles. The van der Waals surface area contributed by atoms with Gasteiger partial charge >= 0.3 is 0 Å². The van der Waals surface area contributed by atoms with Crippen molar-refractivity contribution < 1.29 is 0 Å². The molecule has 0 aliphatic carbocycles. The van der Waals surface area contributed by atoms with Gasteiger partial charge in [0.15, 0.2) is 0 Å². The summed E-state index contributed by atoms with van der Waals surface area (Å²) in [7, 11) is 1.96. The van der Waals surface area contributed by atoms with Crippen molar-refractivity contribution in [2.45, 2.75) is 20.3 Å². The Morgan fingerprint density at radius 1 is 1.57 bits per heavy atom. The molecule has 0 fully saturated rings. The predicted molar refractivity (Wildman–Crippen MR) is 61.2 cm³/mol. The van der Waals surface area contributed by atoms with E-state index in [0.29, 0.717) is 0 Å². The first-order valence-corrected chi connectivity index (χ1v) is 5.02. The minimum Gasteiger partial charge on any atom is -0.316 e. The van der Waals surface area contributed by atoms with Crippen molar-refractivity contribution in [1.29, 1.82) is 0 Å². The predicted octanol–water partition coefficient (Wildman–Crippen LogP) is 2.27. The summed E-state index contributed by atoms with van der Waals surface area (Å²) in [5, 5.41) is 3.14. The number of likely N-dealkylation sites (N-methyl/N-ethyl adjacent to an activating group) is 1. The first-order chi connectivity index (χ1) is 6.77. The number of nitrogens with one attached hydrogen (secondary N) is 1. The van der Waals surface area contributed by atoms with Crippen LogP contribution in [0.25, 0.3) is 6.08 Å². The zero-order valence-electron chi connectivity index (χ0n) is 9.17. The van der Waals surface area contributed by atoms with Crippen LogP contribution in [0.15, 0.2) is 24.0 Å². The van der Waals surface area contributed by atoms with Gasteiger partial charge in [0.2, 0.25) is 0 Å². The topological polar surface area (TPSA) is 24.9 Å². The SMILES string of the molecule is CCc1ccncc1/C=C(\C)CNC. The van der Waals surface area contributed by atoms with Gasteiger partial charge in [-0.1, -0.05) is 18.6 Å². The van der Waals surface area contributed by atoms with Crippen LogP contribution in [0.4, 0.5) is 0 Å². The summed E-state index contributed by atoms with van der Waals surface area (Å²) in [4.78, 5) is 4.14. The maximum absolute atomic E-state index is 4.14. The molecule has 2 nitrogen and oxygen atoms in total. The van der Waals surface area contributed by atoms with Gasteiger partial charge in [-0.2, -0.15) is 0 Å². The Morgan fingerprint density at radius 2 is 2.36 bits per heavy atom. The molecule has 0 aliphatic rings. The Hall–Kier alpha value is -1.15. The number of hydrogen-bond donors (Lipinski definition) is 1. The Labute approximate surface area is 86.1 Å². The van der Waals surface area contributed by atoms with Gasteiger partial charge in [0, 0.05) is 18.9 Å². The highest BCUT2D eigenvalue weighted by atomic mass is 14.8. The average Bonchev–Trinajstić information content (AvgIpc) is 2.19. The molecule has 1 rings (SSSR count). The molecule has 1 aromatic heterocycles. The molecule has 2 heteroatoms. The molecule has 0 amide bonds. The average molecular weight is 190 g/mol. The van der Waals surface area contributed by atoms with Crippen LogP contribution >= 0.6 is 0 Å². The van der Waals surface area contributed by atoms with E-state index in [1.807, 2.05) is 19.4 Å². The van der Waals surface area contributed by atoms with Crippen molar-refractivity contribution in [2.24, 2.45) is 0 Å². The van der Waals surface area contributed by atoms with Crippen LogP contribution in [0.2, 0.25) is 0 Å². The Morgan fingerprint density at radius 3 is 3.00 bits per heavy atom. The van der Waals surface area contributed by atoms with E-state index in [9.17, 15) is 0 Å². The van der Waals surface area contributed by atoms with Crippen molar-refractivity contribution >= 4 is 6.08 Å². The first-order valence-electron chi connectivity index (χ1n) is 5.02. The van der Waals surface area contributed by atoms with Crippen molar-refractivity contribution in [1.82, 2.24) is 10.3 Å². The van der Waals surface area contributed by atoms with E-state index in [0.717, 1.165) is 13.0 Å². The maximum atomic E-state index is 4.14. The number of hydrogen-bond acceptors (Lipinski definition) is 2. The second kappa shape index (κ2) is 5.55. The van der Waals surface area contributed by atoms with Gasteiger partial charge in [-0.05, 0) is 37.6 Å². The molecule has 0 unspecified atom stereocenters. The Kier molecular flexibility index (Phi) is 4.33. The highest BCUT2D eigenvalue weighted by Gasteiger charge is 1.97. The lowest BCUT2D eigenvalue weighted by atomic mass is 10.1.